The average Bonchev–Trinajstić information content (AvgIpc) is 3.09. The normalized spacial score (nSPS) is 26.1. The minimum atomic E-state index is -0.440. The van der Waals surface area contributed by atoms with Crippen LogP contribution in [0.5, 0.6) is 0 Å². The second-order valence-electron chi connectivity index (χ2n) is 8.70. The van der Waals surface area contributed by atoms with Gasteiger partial charge in [0.1, 0.15) is 0 Å². The molecular formula is C21H33N3O2. The molecule has 2 heterocycles. The molecule has 3 atom stereocenters. The Labute approximate surface area is 157 Å². The number of likely N-dealkylation sites (tertiary alicyclic amines) is 1. The van der Waals surface area contributed by atoms with Gasteiger partial charge in [0.25, 0.3) is 0 Å². The van der Waals surface area contributed by atoms with Crippen LogP contribution in [0, 0.1) is 5.41 Å². The summed E-state index contributed by atoms with van der Waals surface area (Å²) in [6.07, 6.45) is 2.25. The fourth-order valence-corrected chi connectivity index (χ4v) is 3.90. The van der Waals surface area contributed by atoms with Crippen molar-refractivity contribution in [2.75, 3.05) is 32.8 Å². The van der Waals surface area contributed by atoms with Crippen molar-refractivity contribution in [1.82, 2.24) is 9.80 Å². The van der Waals surface area contributed by atoms with Gasteiger partial charge in [0.15, 0.2) is 0 Å². The summed E-state index contributed by atoms with van der Waals surface area (Å²) >= 11 is 0. The predicted octanol–water partition coefficient (Wildman–Crippen LogP) is 2.42. The molecule has 2 saturated heterocycles. The molecule has 0 spiro atoms. The summed E-state index contributed by atoms with van der Waals surface area (Å²) in [4.78, 5) is 17.4. The number of rotatable bonds is 4. The number of benzene rings is 1. The van der Waals surface area contributed by atoms with E-state index in [1.54, 1.807) is 0 Å². The number of morpholine rings is 1. The van der Waals surface area contributed by atoms with Crippen LogP contribution < -0.4 is 5.73 Å². The molecule has 0 aromatic heterocycles. The molecule has 0 unspecified atom stereocenters. The van der Waals surface area contributed by atoms with Gasteiger partial charge in [0.05, 0.1) is 18.8 Å². The molecule has 2 fully saturated rings. The highest BCUT2D eigenvalue weighted by Gasteiger charge is 2.37. The van der Waals surface area contributed by atoms with E-state index >= 15 is 0 Å². The van der Waals surface area contributed by atoms with Crippen LogP contribution in [0.3, 0.4) is 0 Å². The zero-order chi connectivity index (χ0) is 18.7. The molecule has 5 heteroatoms. The van der Waals surface area contributed by atoms with Gasteiger partial charge in [-0.1, -0.05) is 51.1 Å². The van der Waals surface area contributed by atoms with E-state index in [4.69, 9.17) is 10.5 Å². The molecule has 1 aromatic carbocycles. The van der Waals surface area contributed by atoms with Crippen molar-refractivity contribution in [2.24, 2.45) is 11.1 Å². The molecule has 0 saturated carbocycles. The van der Waals surface area contributed by atoms with E-state index in [0.717, 1.165) is 45.6 Å². The lowest BCUT2D eigenvalue weighted by atomic mass is 9.86. The fourth-order valence-electron chi connectivity index (χ4n) is 3.90. The third kappa shape index (κ3) is 4.45. The summed E-state index contributed by atoms with van der Waals surface area (Å²) < 4.78 is 5.97. The standard InChI is InChI=1S/C21H33N3O2/c1-21(2,3)19(22)20(25)24-11-7-10-17(24)14-23-12-13-26-18(15-23)16-8-5-4-6-9-16/h4-6,8-9,17-19H,7,10-15,22H2,1-3H3/t17-,18-,19+/m0/s1. The number of carbonyl (C=O) groups is 1. The number of hydrogen-bond acceptors (Lipinski definition) is 4. The van der Waals surface area contributed by atoms with E-state index in [9.17, 15) is 4.79 Å². The van der Waals surface area contributed by atoms with Crippen LogP contribution >= 0.6 is 0 Å². The van der Waals surface area contributed by atoms with Gasteiger partial charge in [-0.2, -0.15) is 0 Å². The van der Waals surface area contributed by atoms with Crippen LogP contribution in [0.25, 0.3) is 0 Å². The van der Waals surface area contributed by atoms with Crippen molar-refractivity contribution in [1.29, 1.82) is 0 Å². The highest BCUT2D eigenvalue weighted by atomic mass is 16.5. The maximum Gasteiger partial charge on any atom is 0.240 e. The van der Waals surface area contributed by atoms with E-state index in [1.807, 2.05) is 31.7 Å². The first-order chi connectivity index (χ1) is 12.4. The number of carbonyl (C=O) groups excluding carboxylic acids is 1. The summed E-state index contributed by atoms with van der Waals surface area (Å²) in [5, 5.41) is 0. The van der Waals surface area contributed by atoms with Gasteiger partial charge in [-0.25, -0.2) is 0 Å². The van der Waals surface area contributed by atoms with Crippen molar-refractivity contribution in [3.8, 4) is 0 Å². The Balaban J connectivity index is 1.61. The van der Waals surface area contributed by atoms with Crippen LogP contribution in [0.4, 0.5) is 0 Å². The Morgan fingerprint density at radius 3 is 2.69 bits per heavy atom. The van der Waals surface area contributed by atoms with Gasteiger partial charge in [-0.05, 0) is 23.8 Å². The lowest BCUT2D eigenvalue weighted by Gasteiger charge is -2.38. The second kappa shape index (κ2) is 8.07. The maximum absolute atomic E-state index is 12.9. The van der Waals surface area contributed by atoms with E-state index in [0.29, 0.717) is 0 Å². The lowest BCUT2D eigenvalue weighted by molar-refractivity contribution is -0.136. The van der Waals surface area contributed by atoms with E-state index in [1.165, 1.54) is 5.56 Å². The second-order valence-corrected chi connectivity index (χ2v) is 8.70. The summed E-state index contributed by atoms with van der Waals surface area (Å²) in [5.74, 6) is 0.105. The SMILES string of the molecule is CC(C)(C)[C@H](N)C(=O)N1CCC[C@H]1CN1CCO[C@H](c2ccccc2)C1. The molecule has 0 radical (unpaired) electrons. The Morgan fingerprint density at radius 1 is 1.27 bits per heavy atom. The van der Waals surface area contributed by atoms with Crippen LogP contribution in [0.2, 0.25) is 0 Å². The predicted molar refractivity (Wildman–Crippen MR) is 104 cm³/mol. The van der Waals surface area contributed by atoms with Crippen LogP contribution in [0.1, 0.15) is 45.3 Å². The summed E-state index contributed by atoms with van der Waals surface area (Å²) in [6, 6.07) is 10.2. The first-order valence-electron chi connectivity index (χ1n) is 9.81. The van der Waals surface area contributed by atoms with Crippen LogP contribution in [-0.4, -0.2) is 60.6 Å². The molecule has 144 valence electrons. The van der Waals surface area contributed by atoms with E-state index < -0.39 is 6.04 Å². The number of nitrogens with zero attached hydrogens (tertiary/aromatic N) is 2. The van der Waals surface area contributed by atoms with Gasteiger partial charge in [-0.3, -0.25) is 9.69 Å². The van der Waals surface area contributed by atoms with Crippen molar-refractivity contribution in [3.05, 3.63) is 35.9 Å². The van der Waals surface area contributed by atoms with Crippen LogP contribution in [-0.2, 0) is 9.53 Å². The van der Waals surface area contributed by atoms with Crippen molar-refractivity contribution in [3.63, 3.8) is 0 Å². The first kappa shape index (κ1) is 19.3. The largest absolute Gasteiger partial charge is 0.371 e. The van der Waals surface area contributed by atoms with Gasteiger partial charge in [0, 0.05) is 32.2 Å². The molecule has 26 heavy (non-hydrogen) atoms. The number of amides is 1. The number of nitrogens with two attached hydrogens (primary N) is 1. The highest BCUT2D eigenvalue weighted by Crippen LogP contribution is 2.27. The van der Waals surface area contributed by atoms with Crippen molar-refractivity contribution in [2.45, 2.75) is 51.8 Å². The highest BCUT2D eigenvalue weighted by molar-refractivity contribution is 5.83. The third-order valence-corrected chi connectivity index (χ3v) is 5.65. The maximum atomic E-state index is 12.9. The monoisotopic (exact) mass is 359 g/mol. The lowest BCUT2D eigenvalue weighted by Crippen LogP contribution is -2.54. The van der Waals surface area contributed by atoms with Crippen molar-refractivity contribution >= 4 is 5.91 Å². The van der Waals surface area contributed by atoms with Gasteiger partial charge in [0.2, 0.25) is 5.91 Å². The average molecular weight is 360 g/mol. The summed E-state index contributed by atoms with van der Waals surface area (Å²) in [6.45, 7) is 10.4. The minimum Gasteiger partial charge on any atom is -0.371 e. The van der Waals surface area contributed by atoms with Gasteiger partial charge < -0.3 is 15.4 Å². The molecular weight excluding hydrogens is 326 g/mol. The minimum absolute atomic E-state index is 0.105. The molecule has 0 bridgehead atoms. The van der Waals surface area contributed by atoms with E-state index in [2.05, 4.69) is 29.2 Å². The first-order valence-corrected chi connectivity index (χ1v) is 9.81. The Morgan fingerprint density at radius 2 is 2.00 bits per heavy atom. The molecule has 5 nitrogen and oxygen atoms in total. The number of ether oxygens (including phenoxy) is 1. The zero-order valence-electron chi connectivity index (χ0n) is 16.4. The quantitative estimate of drug-likeness (QED) is 0.897. The van der Waals surface area contributed by atoms with Crippen molar-refractivity contribution < 1.29 is 9.53 Å². The molecule has 2 aliphatic rings. The third-order valence-electron chi connectivity index (χ3n) is 5.65. The topological polar surface area (TPSA) is 58.8 Å². The van der Waals surface area contributed by atoms with Gasteiger partial charge in [-0.15, -0.1) is 0 Å². The molecule has 2 N–H and O–H groups in total. The molecule has 0 aliphatic carbocycles. The zero-order valence-corrected chi connectivity index (χ0v) is 16.4. The van der Waals surface area contributed by atoms with Gasteiger partial charge >= 0.3 is 0 Å². The Hall–Kier alpha value is -1.43. The Kier molecular flexibility index (Phi) is 6.00. The molecule has 1 aromatic rings. The molecule has 1 amide bonds. The number of hydrogen-bond donors (Lipinski definition) is 1. The van der Waals surface area contributed by atoms with Crippen LogP contribution in [0.15, 0.2) is 30.3 Å². The molecule has 3 rings (SSSR count). The summed E-state index contributed by atoms with van der Waals surface area (Å²) in [5.41, 5.74) is 7.26. The fraction of sp³-hybridized carbons (Fsp3) is 0.667. The van der Waals surface area contributed by atoms with E-state index in [-0.39, 0.29) is 23.5 Å². The smallest absolute Gasteiger partial charge is 0.240 e. The summed E-state index contributed by atoms with van der Waals surface area (Å²) in [7, 11) is 0. The molecule has 2 aliphatic heterocycles. The Bertz CT molecular complexity index is 599.